The van der Waals surface area contributed by atoms with E-state index in [9.17, 15) is 0 Å². The molecule has 7 atom stereocenters. The van der Waals surface area contributed by atoms with E-state index in [1.807, 2.05) is 0 Å². The molecule has 0 bridgehead atoms. The van der Waals surface area contributed by atoms with Crippen molar-refractivity contribution < 1.29 is 17.3 Å². The van der Waals surface area contributed by atoms with Gasteiger partial charge in [0.05, 0.1) is 18.0 Å². The molecule has 0 aromatic heterocycles. The summed E-state index contributed by atoms with van der Waals surface area (Å²) in [4.78, 5) is 0. The highest BCUT2D eigenvalue weighted by atomic mass is 127. The Balaban J connectivity index is 1.31. The van der Waals surface area contributed by atoms with E-state index >= 15 is 8.42 Å². The number of rotatable bonds is 11. The Morgan fingerprint density at radius 2 is 1.19 bits per heavy atom. The maximum absolute atomic E-state index is 15.1. The lowest BCUT2D eigenvalue weighted by molar-refractivity contribution is 0.103. The van der Waals surface area contributed by atoms with Gasteiger partial charge >= 0.3 is 0 Å². The average molecular weight is 997 g/mol. The Labute approximate surface area is 389 Å². The van der Waals surface area contributed by atoms with Crippen LogP contribution in [0.4, 0.5) is 0 Å². The summed E-state index contributed by atoms with van der Waals surface area (Å²) < 4.78 is 47.4. The van der Waals surface area contributed by atoms with Gasteiger partial charge in [-0.15, -0.1) is 0 Å². The molecular formula is C54H69IO4SSi2. The van der Waals surface area contributed by atoms with Crippen LogP contribution in [0.1, 0.15) is 100 Å². The third-order valence-electron chi connectivity index (χ3n) is 15.6. The van der Waals surface area contributed by atoms with E-state index < -0.39 is 37.8 Å². The number of fused-ring (bicyclic) bond motifs is 1. The zero-order valence-electron chi connectivity index (χ0n) is 38.4. The standard InChI is InChI=1S/C54H69IO4SSi2/c1-39(37-55)48-31-32-49-40(22-21-33-54(48,49)8)34-51-46-35-41(58-61(52(2,3)4,42-23-13-9-14-24-42)43-25-15-10-16-26-43)36-50(47(46)38-60(51,56)57)59-62(53(5,6)7,44-27-17-11-18-28-44)45-29-19-12-20-30-45/h9-20,23-30,34,39,41,48-51H,21-22,31-33,35-38H2,1-8H3/b40-34+/t39-,41-,48-,49+,50+,51+,54-/m1/s1. The highest BCUT2D eigenvalue weighted by molar-refractivity contribution is 14.1. The van der Waals surface area contributed by atoms with Gasteiger partial charge in [-0.2, -0.15) is 0 Å². The van der Waals surface area contributed by atoms with E-state index in [0.717, 1.165) is 34.8 Å². The summed E-state index contributed by atoms with van der Waals surface area (Å²) in [6, 6.07) is 43.4. The van der Waals surface area contributed by atoms with Crippen molar-refractivity contribution in [2.24, 2.45) is 23.2 Å². The summed E-state index contributed by atoms with van der Waals surface area (Å²) in [6.45, 7) is 18.9. The van der Waals surface area contributed by atoms with Crippen molar-refractivity contribution in [3.05, 3.63) is 144 Å². The Morgan fingerprint density at radius 1 is 0.726 bits per heavy atom. The van der Waals surface area contributed by atoms with Gasteiger partial charge in [0.2, 0.25) is 0 Å². The molecule has 8 heteroatoms. The maximum Gasteiger partial charge on any atom is 0.261 e. The fourth-order valence-corrected chi connectivity index (χ4v) is 24.9. The number of allylic oxidation sites excluding steroid dienone is 1. The monoisotopic (exact) mass is 996 g/mol. The van der Waals surface area contributed by atoms with Crippen LogP contribution in [0.15, 0.2) is 144 Å². The summed E-state index contributed by atoms with van der Waals surface area (Å²) in [5.74, 6) is 1.81. The van der Waals surface area contributed by atoms with E-state index in [1.54, 1.807) is 0 Å². The number of sulfone groups is 1. The van der Waals surface area contributed by atoms with Gasteiger partial charge < -0.3 is 8.85 Å². The first-order chi connectivity index (χ1) is 29.5. The first-order valence-corrected chi connectivity index (χ1v) is 30.3. The molecule has 2 fully saturated rings. The van der Waals surface area contributed by atoms with Crippen LogP contribution in [-0.4, -0.2) is 52.7 Å². The number of alkyl halides is 1. The van der Waals surface area contributed by atoms with Gasteiger partial charge in [0.1, 0.15) is 5.25 Å². The molecule has 4 aliphatic rings. The largest absolute Gasteiger partial charge is 0.404 e. The van der Waals surface area contributed by atoms with E-state index in [1.165, 1.54) is 39.2 Å². The molecule has 0 radical (unpaired) electrons. The fraction of sp³-hybridized carbons (Fsp3) is 0.481. The number of benzene rings is 4. The van der Waals surface area contributed by atoms with Crippen molar-refractivity contribution in [2.45, 2.75) is 128 Å². The van der Waals surface area contributed by atoms with Gasteiger partial charge in [-0.3, -0.25) is 0 Å². The van der Waals surface area contributed by atoms with Gasteiger partial charge in [0.15, 0.2) is 9.84 Å². The van der Waals surface area contributed by atoms with Crippen molar-refractivity contribution in [2.75, 3.05) is 10.2 Å². The Bertz CT molecular complexity index is 2280. The molecule has 1 aliphatic heterocycles. The molecule has 0 N–H and O–H groups in total. The molecule has 2 saturated carbocycles. The number of hydrogen-bond donors (Lipinski definition) is 0. The second kappa shape index (κ2) is 17.7. The predicted octanol–water partition coefficient (Wildman–Crippen LogP) is 11.0. The van der Waals surface area contributed by atoms with Gasteiger partial charge in [-0.05, 0) is 104 Å². The van der Waals surface area contributed by atoms with Crippen molar-refractivity contribution in [1.82, 2.24) is 0 Å². The van der Waals surface area contributed by atoms with Crippen LogP contribution in [0.2, 0.25) is 10.1 Å². The zero-order valence-corrected chi connectivity index (χ0v) is 43.3. The van der Waals surface area contributed by atoms with Crippen LogP contribution in [-0.2, 0) is 18.7 Å². The van der Waals surface area contributed by atoms with Crippen LogP contribution in [0, 0.1) is 23.2 Å². The topological polar surface area (TPSA) is 52.6 Å². The molecule has 4 nitrogen and oxygen atoms in total. The molecule has 4 aromatic carbocycles. The molecule has 0 spiro atoms. The van der Waals surface area contributed by atoms with E-state index in [2.05, 4.69) is 205 Å². The molecule has 0 saturated heterocycles. The molecule has 0 amide bonds. The van der Waals surface area contributed by atoms with Crippen molar-refractivity contribution in [3.63, 3.8) is 0 Å². The highest BCUT2D eigenvalue weighted by Crippen LogP contribution is 2.60. The van der Waals surface area contributed by atoms with Crippen molar-refractivity contribution in [1.29, 1.82) is 0 Å². The quantitative estimate of drug-likeness (QED) is 0.0650. The molecule has 4 aromatic rings. The molecular weight excluding hydrogens is 928 g/mol. The van der Waals surface area contributed by atoms with Gasteiger partial charge in [0, 0.05) is 10.8 Å². The molecule has 8 rings (SSSR count). The van der Waals surface area contributed by atoms with E-state index in [-0.39, 0.29) is 27.3 Å². The van der Waals surface area contributed by atoms with Gasteiger partial charge in [-0.25, -0.2) is 8.42 Å². The summed E-state index contributed by atoms with van der Waals surface area (Å²) in [5.41, 5.74) is 3.63. The Kier molecular flexibility index (Phi) is 13.1. The second-order valence-electron chi connectivity index (χ2n) is 21.4. The smallest absolute Gasteiger partial charge is 0.261 e. The van der Waals surface area contributed by atoms with Crippen LogP contribution >= 0.6 is 22.6 Å². The van der Waals surface area contributed by atoms with E-state index in [4.69, 9.17) is 8.85 Å². The Hall–Kier alpha value is -2.61. The minimum atomic E-state index is -3.57. The SMILES string of the molecule is C[C@H](CI)[C@H]1CC[C@H]2/C(=C/[C@H]3C4=C(CS3(=O)=O)[C@@H](O[Si](c3ccccc3)(c3ccccc3)C(C)(C)C)C[C@H](O[Si](c3ccccc3)(c3ccccc3)C(C)(C)C)C4)CCC[C@]12C. The summed E-state index contributed by atoms with van der Waals surface area (Å²) >= 11 is 2.57. The summed E-state index contributed by atoms with van der Waals surface area (Å²) in [5, 5.41) is 3.70. The van der Waals surface area contributed by atoms with Crippen LogP contribution in [0.5, 0.6) is 0 Å². The molecule has 0 unspecified atom stereocenters. The fourth-order valence-electron chi connectivity index (χ4n) is 12.8. The third kappa shape index (κ3) is 8.07. The third-order valence-corrected chi connectivity index (χ3v) is 29.1. The van der Waals surface area contributed by atoms with Gasteiger partial charge in [-0.1, -0.05) is 211 Å². The number of halogens is 1. The lowest BCUT2D eigenvalue weighted by Crippen LogP contribution is -2.69. The lowest BCUT2D eigenvalue weighted by Gasteiger charge is -2.49. The lowest BCUT2D eigenvalue weighted by atomic mass is 9.61. The minimum absolute atomic E-state index is 0.0437. The first-order valence-electron chi connectivity index (χ1n) is 23.2. The summed E-state index contributed by atoms with van der Waals surface area (Å²) in [7, 11) is -9.68. The highest BCUT2D eigenvalue weighted by Gasteiger charge is 2.57. The average Bonchev–Trinajstić information content (AvgIpc) is 3.74. The van der Waals surface area contributed by atoms with E-state index in [0.29, 0.717) is 30.6 Å². The second-order valence-corrected chi connectivity index (χ2v) is 32.9. The summed E-state index contributed by atoms with van der Waals surface area (Å²) in [6.07, 6.45) is 8.52. The van der Waals surface area contributed by atoms with Crippen LogP contribution < -0.4 is 20.7 Å². The predicted molar refractivity (Wildman–Crippen MR) is 273 cm³/mol. The zero-order chi connectivity index (χ0) is 44.1. The van der Waals surface area contributed by atoms with Crippen LogP contribution in [0.25, 0.3) is 0 Å². The minimum Gasteiger partial charge on any atom is -0.404 e. The molecule has 3 aliphatic carbocycles. The van der Waals surface area contributed by atoms with Crippen molar-refractivity contribution in [3.8, 4) is 0 Å². The Morgan fingerprint density at radius 3 is 1.65 bits per heavy atom. The normalized spacial score (nSPS) is 27.8. The molecule has 1 heterocycles. The molecule has 62 heavy (non-hydrogen) atoms. The van der Waals surface area contributed by atoms with Crippen molar-refractivity contribution >= 4 is 69.8 Å². The first kappa shape index (κ1) is 45.9. The van der Waals surface area contributed by atoms with Crippen LogP contribution in [0.3, 0.4) is 0 Å². The number of hydrogen-bond acceptors (Lipinski definition) is 4. The maximum atomic E-state index is 15.1. The molecule has 330 valence electrons. The van der Waals surface area contributed by atoms with Gasteiger partial charge in [0.25, 0.3) is 16.6 Å².